The maximum atomic E-state index is 12.9. The highest BCUT2D eigenvalue weighted by atomic mass is 19.4. The van der Waals surface area contributed by atoms with Gasteiger partial charge in [-0.1, -0.05) is 24.3 Å². The van der Waals surface area contributed by atoms with Crippen LogP contribution in [0.4, 0.5) is 30.4 Å². The summed E-state index contributed by atoms with van der Waals surface area (Å²) < 4.78 is 43.8. The highest BCUT2D eigenvalue weighted by Gasteiger charge is 2.30. The number of para-hydroxylation sites is 1. The lowest BCUT2D eigenvalue weighted by molar-refractivity contribution is -0.137. The van der Waals surface area contributed by atoms with Crippen LogP contribution in [0, 0.1) is 6.92 Å². The Bertz CT molecular complexity index is 1100. The number of rotatable bonds is 6. The first-order chi connectivity index (χ1) is 14.7. The highest BCUT2D eigenvalue weighted by Crippen LogP contribution is 2.31. The SMILES string of the molecule is Cc1ccccc1NC(=O)COC(=O)c1cccnc1Nc1cccc(C(F)(F)F)c1. The minimum Gasteiger partial charge on any atom is -0.452 e. The van der Waals surface area contributed by atoms with Crippen LogP contribution in [0.1, 0.15) is 21.5 Å². The molecular weight excluding hydrogens is 411 g/mol. The van der Waals surface area contributed by atoms with E-state index in [4.69, 9.17) is 4.74 Å². The number of aromatic nitrogens is 1. The highest BCUT2D eigenvalue weighted by molar-refractivity contribution is 5.98. The molecule has 0 unspecified atom stereocenters. The first-order valence-electron chi connectivity index (χ1n) is 9.16. The second-order valence-electron chi connectivity index (χ2n) is 6.54. The van der Waals surface area contributed by atoms with Crippen LogP contribution >= 0.6 is 0 Å². The fourth-order valence-electron chi connectivity index (χ4n) is 2.69. The Kier molecular flexibility index (Phi) is 6.54. The Balaban J connectivity index is 1.68. The number of nitrogens with zero attached hydrogens (tertiary/aromatic N) is 1. The van der Waals surface area contributed by atoms with E-state index in [1.54, 1.807) is 12.1 Å². The summed E-state index contributed by atoms with van der Waals surface area (Å²) in [5.74, 6) is -1.37. The molecule has 160 valence electrons. The van der Waals surface area contributed by atoms with Gasteiger partial charge in [-0.25, -0.2) is 9.78 Å². The second kappa shape index (κ2) is 9.29. The average Bonchev–Trinajstić information content (AvgIpc) is 2.74. The van der Waals surface area contributed by atoms with Crippen molar-refractivity contribution >= 4 is 29.1 Å². The lowest BCUT2D eigenvalue weighted by Gasteiger charge is -2.13. The van der Waals surface area contributed by atoms with E-state index in [9.17, 15) is 22.8 Å². The lowest BCUT2D eigenvalue weighted by Crippen LogP contribution is -2.21. The molecule has 1 aromatic heterocycles. The summed E-state index contributed by atoms with van der Waals surface area (Å²) in [4.78, 5) is 28.5. The van der Waals surface area contributed by atoms with Gasteiger partial charge in [0.15, 0.2) is 6.61 Å². The van der Waals surface area contributed by atoms with Crippen LogP contribution in [0.5, 0.6) is 0 Å². The molecule has 0 aliphatic rings. The standard InChI is InChI=1S/C22H18F3N3O3/c1-14-6-2-3-10-18(14)28-19(29)13-31-21(30)17-9-5-11-26-20(17)27-16-8-4-7-15(12-16)22(23,24)25/h2-12H,13H2,1H3,(H,26,27)(H,28,29). The number of halogens is 3. The minimum atomic E-state index is -4.51. The summed E-state index contributed by atoms with van der Waals surface area (Å²) in [5, 5.41) is 5.33. The van der Waals surface area contributed by atoms with E-state index in [0.717, 1.165) is 17.7 Å². The number of benzene rings is 2. The molecular formula is C22H18F3N3O3. The van der Waals surface area contributed by atoms with E-state index >= 15 is 0 Å². The van der Waals surface area contributed by atoms with E-state index < -0.39 is 30.2 Å². The van der Waals surface area contributed by atoms with Crippen LogP contribution in [0.2, 0.25) is 0 Å². The molecule has 0 radical (unpaired) electrons. The molecule has 2 N–H and O–H groups in total. The summed E-state index contributed by atoms with van der Waals surface area (Å²) >= 11 is 0. The predicted molar refractivity (Wildman–Crippen MR) is 109 cm³/mol. The Labute approximate surface area is 176 Å². The molecule has 0 fully saturated rings. The molecule has 0 saturated heterocycles. The molecule has 1 amide bonds. The number of esters is 1. The van der Waals surface area contributed by atoms with Crippen molar-refractivity contribution in [3.05, 3.63) is 83.6 Å². The zero-order valence-corrected chi connectivity index (χ0v) is 16.4. The number of carbonyl (C=O) groups is 2. The number of ether oxygens (including phenoxy) is 1. The molecule has 0 atom stereocenters. The van der Waals surface area contributed by atoms with E-state index in [0.29, 0.717) is 5.69 Å². The molecule has 3 aromatic rings. The zero-order valence-electron chi connectivity index (χ0n) is 16.4. The first kappa shape index (κ1) is 21.8. The molecule has 6 nitrogen and oxygen atoms in total. The van der Waals surface area contributed by atoms with Gasteiger partial charge in [0.2, 0.25) is 0 Å². The Morgan fingerprint density at radius 3 is 2.55 bits per heavy atom. The average molecular weight is 429 g/mol. The van der Waals surface area contributed by atoms with E-state index in [-0.39, 0.29) is 17.1 Å². The van der Waals surface area contributed by atoms with Gasteiger partial charge in [0, 0.05) is 17.6 Å². The quantitative estimate of drug-likeness (QED) is 0.542. The first-order valence-corrected chi connectivity index (χ1v) is 9.16. The predicted octanol–water partition coefficient (Wildman–Crippen LogP) is 4.95. The molecule has 0 spiro atoms. The molecule has 0 bridgehead atoms. The lowest BCUT2D eigenvalue weighted by atomic mass is 10.2. The largest absolute Gasteiger partial charge is 0.452 e. The molecule has 9 heteroatoms. The fourth-order valence-corrected chi connectivity index (χ4v) is 2.69. The monoisotopic (exact) mass is 429 g/mol. The maximum absolute atomic E-state index is 12.9. The molecule has 0 aliphatic carbocycles. The number of alkyl halides is 3. The fraction of sp³-hybridized carbons (Fsp3) is 0.136. The van der Waals surface area contributed by atoms with Gasteiger partial charge >= 0.3 is 12.1 Å². The van der Waals surface area contributed by atoms with Gasteiger partial charge in [-0.2, -0.15) is 13.2 Å². The third-order valence-corrected chi connectivity index (χ3v) is 4.23. The van der Waals surface area contributed by atoms with Gasteiger partial charge in [0.1, 0.15) is 11.4 Å². The summed E-state index contributed by atoms with van der Waals surface area (Å²) in [5.41, 5.74) is 0.674. The molecule has 31 heavy (non-hydrogen) atoms. The van der Waals surface area contributed by atoms with Gasteiger partial charge in [0.25, 0.3) is 5.91 Å². The number of carbonyl (C=O) groups excluding carboxylic acids is 2. The van der Waals surface area contributed by atoms with Gasteiger partial charge in [-0.05, 0) is 48.9 Å². The summed E-state index contributed by atoms with van der Waals surface area (Å²) in [6.45, 7) is 1.29. The number of hydrogen-bond donors (Lipinski definition) is 2. The van der Waals surface area contributed by atoms with Crippen LogP contribution in [-0.2, 0) is 15.7 Å². The van der Waals surface area contributed by atoms with Gasteiger partial charge in [-0.15, -0.1) is 0 Å². The number of amides is 1. The summed E-state index contributed by atoms with van der Waals surface area (Å²) in [7, 11) is 0. The van der Waals surface area contributed by atoms with E-state index in [2.05, 4.69) is 15.6 Å². The van der Waals surface area contributed by atoms with Crippen molar-refractivity contribution in [1.82, 2.24) is 4.98 Å². The van der Waals surface area contributed by atoms with Crippen LogP contribution < -0.4 is 10.6 Å². The van der Waals surface area contributed by atoms with Crippen molar-refractivity contribution in [2.45, 2.75) is 13.1 Å². The van der Waals surface area contributed by atoms with Crippen LogP contribution in [0.3, 0.4) is 0 Å². The van der Waals surface area contributed by atoms with Crippen molar-refractivity contribution in [2.24, 2.45) is 0 Å². The van der Waals surface area contributed by atoms with E-state index in [1.807, 2.05) is 19.1 Å². The van der Waals surface area contributed by atoms with Gasteiger partial charge in [0.05, 0.1) is 5.56 Å². The molecule has 0 saturated carbocycles. The zero-order chi connectivity index (χ0) is 22.4. The second-order valence-corrected chi connectivity index (χ2v) is 6.54. The summed E-state index contributed by atoms with van der Waals surface area (Å²) in [6.07, 6.45) is -3.13. The number of nitrogens with one attached hydrogen (secondary N) is 2. The maximum Gasteiger partial charge on any atom is 0.416 e. The number of pyridine rings is 1. The van der Waals surface area contributed by atoms with Gasteiger partial charge in [-0.3, -0.25) is 4.79 Å². The van der Waals surface area contributed by atoms with Crippen molar-refractivity contribution < 1.29 is 27.5 Å². The van der Waals surface area contributed by atoms with Crippen LogP contribution in [0.15, 0.2) is 66.9 Å². The number of anilines is 3. The number of hydrogen-bond acceptors (Lipinski definition) is 5. The third kappa shape index (κ3) is 5.81. The van der Waals surface area contributed by atoms with Crippen molar-refractivity contribution in [2.75, 3.05) is 17.2 Å². The normalized spacial score (nSPS) is 11.0. The minimum absolute atomic E-state index is 0.00568. The Morgan fingerprint density at radius 1 is 1.03 bits per heavy atom. The Hall–Kier alpha value is -3.88. The molecule has 1 heterocycles. The topological polar surface area (TPSA) is 80.3 Å². The van der Waals surface area contributed by atoms with Crippen LogP contribution in [-0.4, -0.2) is 23.5 Å². The number of aryl methyl sites for hydroxylation is 1. The van der Waals surface area contributed by atoms with E-state index in [1.165, 1.54) is 30.5 Å². The van der Waals surface area contributed by atoms with Crippen molar-refractivity contribution in [3.8, 4) is 0 Å². The van der Waals surface area contributed by atoms with Gasteiger partial charge < -0.3 is 15.4 Å². The molecule has 0 aliphatic heterocycles. The van der Waals surface area contributed by atoms with Crippen molar-refractivity contribution in [3.63, 3.8) is 0 Å². The molecule has 3 rings (SSSR count). The smallest absolute Gasteiger partial charge is 0.416 e. The van der Waals surface area contributed by atoms with Crippen molar-refractivity contribution in [1.29, 1.82) is 0 Å². The van der Waals surface area contributed by atoms with Crippen LogP contribution in [0.25, 0.3) is 0 Å². The summed E-state index contributed by atoms with van der Waals surface area (Å²) in [6, 6.07) is 14.5. The Morgan fingerprint density at radius 2 is 1.81 bits per heavy atom. The third-order valence-electron chi connectivity index (χ3n) is 4.23. The molecule has 2 aromatic carbocycles.